The van der Waals surface area contributed by atoms with Crippen molar-refractivity contribution in [1.82, 2.24) is 19.1 Å². The van der Waals surface area contributed by atoms with Crippen molar-refractivity contribution in [3.8, 4) is 6.01 Å². The second-order valence-corrected chi connectivity index (χ2v) is 7.22. The summed E-state index contributed by atoms with van der Waals surface area (Å²) in [5.74, 6) is -0.969. The summed E-state index contributed by atoms with van der Waals surface area (Å²) in [6.07, 6.45) is -4.73. The van der Waals surface area contributed by atoms with Crippen LogP contribution in [0.25, 0.3) is 0 Å². The zero-order chi connectivity index (χ0) is 22.7. The van der Waals surface area contributed by atoms with Crippen LogP contribution in [0, 0.1) is 0 Å². The summed E-state index contributed by atoms with van der Waals surface area (Å²) in [6, 6.07) is 2.33. The molecule has 1 aromatic heterocycles. The highest BCUT2D eigenvalue weighted by Gasteiger charge is 2.31. The topological polar surface area (TPSA) is 139 Å². The molecule has 0 atom stereocenters. The zero-order valence-corrected chi connectivity index (χ0v) is 16.3. The average Bonchev–Trinajstić information content (AvgIpc) is 2.94. The Bertz CT molecular complexity index is 1120. The Morgan fingerprint density at radius 3 is 2.47 bits per heavy atom. The van der Waals surface area contributed by atoms with Crippen LogP contribution in [0.3, 0.4) is 0 Å². The number of nitrogens with zero attached hydrogens (tertiary/aromatic N) is 3. The van der Waals surface area contributed by atoms with Crippen molar-refractivity contribution < 1.29 is 40.7 Å². The van der Waals surface area contributed by atoms with Gasteiger partial charge in [0.25, 0.3) is 10.0 Å². The first-order chi connectivity index (χ1) is 13.9. The molecule has 1 aromatic carbocycles. The smallest absolute Gasteiger partial charge is 0.422 e. The number of benzene rings is 1. The van der Waals surface area contributed by atoms with Crippen LogP contribution in [0.4, 0.5) is 18.0 Å². The Labute approximate surface area is 167 Å². The highest BCUT2D eigenvalue weighted by Crippen LogP contribution is 2.17. The minimum absolute atomic E-state index is 0.0315. The van der Waals surface area contributed by atoms with Gasteiger partial charge in [-0.05, 0) is 19.1 Å². The summed E-state index contributed by atoms with van der Waals surface area (Å²) in [6.45, 7) is -0.323. The van der Waals surface area contributed by atoms with Gasteiger partial charge in [0.1, 0.15) is 4.90 Å². The molecule has 1 N–H and O–H groups in total. The van der Waals surface area contributed by atoms with E-state index in [1.165, 1.54) is 23.8 Å². The predicted molar refractivity (Wildman–Crippen MR) is 92.5 cm³/mol. The molecule has 0 saturated carbocycles. The van der Waals surface area contributed by atoms with Gasteiger partial charge in [0.2, 0.25) is 0 Å². The summed E-state index contributed by atoms with van der Waals surface area (Å²) >= 11 is 0. The number of aromatic nitrogens is 3. The Morgan fingerprint density at radius 2 is 1.87 bits per heavy atom. The molecule has 0 aliphatic rings. The van der Waals surface area contributed by atoms with Crippen molar-refractivity contribution in [3.63, 3.8) is 0 Å². The summed E-state index contributed by atoms with van der Waals surface area (Å²) in [5, 5.41) is 3.25. The molecule has 1 amide bonds. The fourth-order valence-corrected chi connectivity index (χ4v) is 3.24. The van der Waals surface area contributed by atoms with E-state index in [2.05, 4.69) is 9.84 Å². The molecule has 0 fully saturated rings. The maximum atomic E-state index is 12.5. The molecule has 2 rings (SSSR count). The minimum Gasteiger partial charge on any atom is -0.462 e. The van der Waals surface area contributed by atoms with E-state index in [0.29, 0.717) is 4.57 Å². The van der Waals surface area contributed by atoms with Gasteiger partial charge in [-0.15, -0.1) is 9.78 Å². The van der Waals surface area contributed by atoms with Crippen molar-refractivity contribution >= 4 is 22.0 Å². The Balaban J connectivity index is 2.33. The van der Waals surface area contributed by atoms with Crippen molar-refractivity contribution in [2.24, 2.45) is 7.05 Å². The second kappa shape index (κ2) is 8.56. The lowest BCUT2D eigenvalue weighted by Gasteiger charge is -2.10. The second-order valence-electron chi connectivity index (χ2n) is 5.57. The number of sulfonamides is 1. The third-order valence-electron chi connectivity index (χ3n) is 3.39. The molecule has 0 saturated heterocycles. The van der Waals surface area contributed by atoms with E-state index in [0.717, 1.165) is 19.2 Å². The van der Waals surface area contributed by atoms with Gasteiger partial charge >= 0.3 is 29.9 Å². The van der Waals surface area contributed by atoms with Crippen LogP contribution in [0.2, 0.25) is 0 Å². The molecule has 0 aliphatic carbocycles. The van der Waals surface area contributed by atoms with Gasteiger partial charge in [0.15, 0.2) is 6.61 Å². The minimum atomic E-state index is -4.73. The van der Waals surface area contributed by atoms with Crippen molar-refractivity contribution in [1.29, 1.82) is 0 Å². The Kier molecular flexibility index (Phi) is 6.54. The van der Waals surface area contributed by atoms with Crippen molar-refractivity contribution in [2.45, 2.75) is 18.0 Å². The highest BCUT2D eigenvalue weighted by molar-refractivity contribution is 7.90. The van der Waals surface area contributed by atoms with Gasteiger partial charge in [0, 0.05) is 7.05 Å². The zero-order valence-electron chi connectivity index (χ0n) is 15.5. The number of ether oxygens (including phenoxy) is 2. The van der Waals surface area contributed by atoms with Crippen LogP contribution in [-0.4, -0.2) is 54.2 Å². The largest absolute Gasteiger partial charge is 0.462 e. The van der Waals surface area contributed by atoms with E-state index in [1.54, 1.807) is 0 Å². The standard InChI is InChI=1S/C15H15F3N4O7S/c1-3-28-11(23)9-6-4-5-7-10(9)30(26,27)20-12(24)22-14(25)21(2)13(19-22)29-8-15(16,17)18/h4-7H,3,8H2,1-2H3,(H,20,24). The van der Waals surface area contributed by atoms with Crippen LogP contribution < -0.4 is 15.1 Å². The number of hydrogen-bond acceptors (Lipinski definition) is 8. The van der Waals surface area contributed by atoms with Gasteiger partial charge in [-0.2, -0.15) is 13.2 Å². The maximum Gasteiger partial charge on any atom is 0.422 e. The number of carbonyl (C=O) groups excluding carboxylic acids is 2. The number of rotatable bonds is 6. The maximum absolute atomic E-state index is 12.5. The lowest BCUT2D eigenvalue weighted by Crippen LogP contribution is -2.40. The molecule has 15 heteroatoms. The number of esters is 1. The van der Waals surface area contributed by atoms with Crippen molar-refractivity contribution in [3.05, 3.63) is 40.3 Å². The molecule has 2 aromatic rings. The third kappa shape index (κ3) is 5.16. The average molecular weight is 452 g/mol. The van der Waals surface area contributed by atoms with Gasteiger partial charge in [-0.3, -0.25) is 0 Å². The van der Waals surface area contributed by atoms with Crippen LogP contribution in [0.15, 0.2) is 34.0 Å². The van der Waals surface area contributed by atoms with E-state index in [1.807, 2.05) is 0 Å². The van der Waals surface area contributed by atoms with E-state index in [4.69, 9.17) is 4.74 Å². The van der Waals surface area contributed by atoms with E-state index < -0.39 is 51.4 Å². The number of carbonyl (C=O) groups is 2. The first-order valence-electron chi connectivity index (χ1n) is 8.06. The monoisotopic (exact) mass is 452 g/mol. The molecular weight excluding hydrogens is 437 g/mol. The third-order valence-corrected chi connectivity index (χ3v) is 4.77. The number of alkyl halides is 3. The van der Waals surface area contributed by atoms with Crippen LogP contribution in [0.1, 0.15) is 17.3 Å². The molecule has 0 bridgehead atoms. The lowest BCUT2D eigenvalue weighted by atomic mass is 10.2. The highest BCUT2D eigenvalue weighted by atomic mass is 32.2. The first-order valence-corrected chi connectivity index (χ1v) is 9.54. The molecule has 0 spiro atoms. The molecule has 1 heterocycles. The summed E-state index contributed by atoms with van der Waals surface area (Å²) in [7, 11) is -3.72. The van der Waals surface area contributed by atoms with Crippen LogP contribution in [-0.2, 0) is 21.8 Å². The fourth-order valence-electron chi connectivity index (χ4n) is 2.12. The first kappa shape index (κ1) is 22.9. The Hall–Kier alpha value is -3.36. The van der Waals surface area contributed by atoms with Gasteiger partial charge in [0.05, 0.1) is 12.2 Å². The molecule has 164 valence electrons. The number of hydrogen-bond donors (Lipinski definition) is 1. The molecule has 0 unspecified atom stereocenters. The number of nitrogens with one attached hydrogen (secondary N) is 1. The van der Waals surface area contributed by atoms with E-state index in [9.17, 15) is 36.0 Å². The van der Waals surface area contributed by atoms with E-state index in [-0.39, 0.29) is 16.9 Å². The quantitative estimate of drug-likeness (QED) is 0.631. The van der Waals surface area contributed by atoms with Crippen LogP contribution >= 0.6 is 0 Å². The molecule has 30 heavy (non-hydrogen) atoms. The van der Waals surface area contributed by atoms with E-state index >= 15 is 0 Å². The lowest BCUT2D eigenvalue weighted by molar-refractivity contribution is -0.155. The Morgan fingerprint density at radius 1 is 1.23 bits per heavy atom. The fraction of sp³-hybridized carbons (Fsp3) is 0.333. The van der Waals surface area contributed by atoms with Gasteiger partial charge in [-0.1, -0.05) is 12.1 Å². The van der Waals surface area contributed by atoms with Gasteiger partial charge < -0.3 is 9.47 Å². The number of halogens is 3. The van der Waals surface area contributed by atoms with Gasteiger partial charge in [-0.25, -0.2) is 32.1 Å². The summed E-state index contributed by atoms with van der Waals surface area (Å²) in [5.41, 5.74) is -1.64. The normalized spacial score (nSPS) is 11.8. The molecule has 0 radical (unpaired) electrons. The van der Waals surface area contributed by atoms with Crippen LogP contribution in [0.5, 0.6) is 6.01 Å². The summed E-state index contributed by atoms with van der Waals surface area (Å²) < 4.78 is 72.9. The summed E-state index contributed by atoms with van der Waals surface area (Å²) in [4.78, 5) is 35.6. The SMILES string of the molecule is CCOC(=O)c1ccccc1S(=O)(=O)NC(=O)n1nc(OCC(F)(F)F)n(C)c1=O. The number of amides is 1. The van der Waals surface area contributed by atoms with Crippen molar-refractivity contribution in [2.75, 3.05) is 13.2 Å². The molecular formula is C15H15F3N4O7S. The molecule has 11 nitrogen and oxygen atoms in total. The predicted octanol–water partition coefficient (Wildman–Crippen LogP) is 0.646. The molecule has 0 aliphatic heterocycles.